The van der Waals surface area contributed by atoms with E-state index in [9.17, 15) is 14.4 Å². The second-order valence-corrected chi connectivity index (χ2v) is 4.49. The van der Waals surface area contributed by atoms with Crippen molar-refractivity contribution in [3.8, 4) is 0 Å². The lowest BCUT2D eigenvalue weighted by Crippen LogP contribution is -2.24. The average molecular weight is 274 g/mol. The zero-order valence-electron chi connectivity index (χ0n) is 10.6. The predicted molar refractivity (Wildman–Crippen MR) is 72.9 cm³/mol. The molecule has 1 heterocycles. The van der Waals surface area contributed by atoms with Crippen molar-refractivity contribution in [1.82, 2.24) is 5.32 Å². The van der Waals surface area contributed by atoms with Crippen LogP contribution in [0, 0.1) is 5.92 Å². The molecule has 2 amide bonds. The van der Waals surface area contributed by atoms with Crippen LogP contribution in [0.25, 0.3) is 6.08 Å². The molecule has 6 nitrogen and oxygen atoms in total. The quantitative estimate of drug-likeness (QED) is 0.709. The number of carbonyl (C=O) groups is 3. The van der Waals surface area contributed by atoms with Gasteiger partial charge in [-0.3, -0.25) is 9.59 Å². The Morgan fingerprint density at radius 2 is 2.00 bits per heavy atom. The van der Waals surface area contributed by atoms with Gasteiger partial charge in [-0.15, -0.1) is 0 Å². The van der Waals surface area contributed by atoms with Crippen LogP contribution in [0.1, 0.15) is 12.0 Å². The maximum absolute atomic E-state index is 11.9. The van der Waals surface area contributed by atoms with Gasteiger partial charge in [-0.05, 0) is 23.8 Å². The van der Waals surface area contributed by atoms with Gasteiger partial charge in [0.1, 0.15) is 0 Å². The average Bonchev–Trinajstić information content (AvgIpc) is 2.85. The van der Waals surface area contributed by atoms with Crippen molar-refractivity contribution < 1.29 is 19.5 Å². The first kappa shape index (κ1) is 13.8. The van der Waals surface area contributed by atoms with Crippen LogP contribution in [-0.2, 0) is 14.4 Å². The highest BCUT2D eigenvalue weighted by Crippen LogP contribution is 2.15. The number of amides is 2. The van der Waals surface area contributed by atoms with E-state index in [-0.39, 0.29) is 24.2 Å². The van der Waals surface area contributed by atoms with Crippen LogP contribution in [0.5, 0.6) is 0 Å². The molecule has 1 unspecified atom stereocenters. The van der Waals surface area contributed by atoms with Gasteiger partial charge in [0.15, 0.2) is 0 Å². The SMILES string of the molecule is O=C(O)/C=C/c1ccc(NC(=O)C2CNC(=O)C2)cc1. The number of hydrogen-bond acceptors (Lipinski definition) is 3. The lowest BCUT2D eigenvalue weighted by Gasteiger charge is -2.09. The number of carbonyl (C=O) groups excluding carboxylic acids is 2. The maximum Gasteiger partial charge on any atom is 0.328 e. The zero-order chi connectivity index (χ0) is 14.5. The summed E-state index contributed by atoms with van der Waals surface area (Å²) < 4.78 is 0. The van der Waals surface area contributed by atoms with Crippen LogP contribution in [0.3, 0.4) is 0 Å². The van der Waals surface area contributed by atoms with Gasteiger partial charge in [0.05, 0.1) is 5.92 Å². The number of anilines is 1. The minimum atomic E-state index is -1.01. The van der Waals surface area contributed by atoms with E-state index in [1.165, 1.54) is 6.08 Å². The molecule has 3 N–H and O–H groups in total. The first-order valence-corrected chi connectivity index (χ1v) is 6.13. The molecule has 1 aromatic rings. The summed E-state index contributed by atoms with van der Waals surface area (Å²) in [5.74, 6) is -1.66. The van der Waals surface area contributed by atoms with Gasteiger partial charge in [-0.1, -0.05) is 12.1 Å². The molecule has 2 rings (SSSR count). The van der Waals surface area contributed by atoms with Crippen molar-refractivity contribution in [2.24, 2.45) is 5.92 Å². The molecule has 1 saturated heterocycles. The topological polar surface area (TPSA) is 95.5 Å². The van der Waals surface area contributed by atoms with E-state index < -0.39 is 5.97 Å². The van der Waals surface area contributed by atoms with Crippen molar-refractivity contribution in [3.05, 3.63) is 35.9 Å². The Bertz CT molecular complexity index is 563. The third-order valence-electron chi connectivity index (χ3n) is 2.94. The Labute approximate surface area is 115 Å². The van der Waals surface area contributed by atoms with E-state index in [4.69, 9.17) is 5.11 Å². The van der Waals surface area contributed by atoms with Crippen LogP contribution in [0.2, 0.25) is 0 Å². The second kappa shape index (κ2) is 6.01. The van der Waals surface area contributed by atoms with Crippen molar-refractivity contribution in [2.75, 3.05) is 11.9 Å². The highest BCUT2D eigenvalue weighted by molar-refractivity contribution is 5.97. The number of nitrogens with one attached hydrogen (secondary N) is 2. The standard InChI is InChI=1S/C14H14N2O4/c17-12-7-10(8-15-12)14(20)16-11-4-1-9(2-5-11)3-6-13(18)19/h1-6,10H,7-8H2,(H,15,17)(H,16,20)(H,18,19)/b6-3+. The van der Waals surface area contributed by atoms with Crippen LogP contribution < -0.4 is 10.6 Å². The van der Waals surface area contributed by atoms with Crippen LogP contribution in [0.4, 0.5) is 5.69 Å². The molecular weight excluding hydrogens is 260 g/mol. The highest BCUT2D eigenvalue weighted by atomic mass is 16.4. The molecule has 1 atom stereocenters. The Morgan fingerprint density at radius 3 is 2.55 bits per heavy atom. The van der Waals surface area contributed by atoms with Gasteiger partial charge < -0.3 is 15.7 Å². The first-order valence-electron chi connectivity index (χ1n) is 6.13. The van der Waals surface area contributed by atoms with Gasteiger partial charge in [0.2, 0.25) is 11.8 Å². The minimum absolute atomic E-state index is 0.112. The molecule has 104 valence electrons. The number of benzene rings is 1. The van der Waals surface area contributed by atoms with E-state index in [1.807, 2.05) is 0 Å². The Hall–Kier alpha value is -2.63. The van der Waals surface area contributed by atoms with E-state index in [0.29, 0.717) is 12.2 Å². The summed E-state index contributed by atoms with van der Waals surface area (Å²) in [6.07, 6.45) is 2.72. The molecule has 1 fully saturated rings. The van der Waals surface area contributed by atoms with Crippen molar-refractivity contribution in [2.45, 2.75) is 6.42 Å². The van der Waals surface area contributed by atoms with Crippen LogP contribution in [-0.4, -0.2) is 29.4 Å². The van der Waals surface area contributed by atoms with Crippen molar-refractivity contribution in [1.29, 1.82) is 0 Å². The van der Waals surface area contributed by atoms with Gasteiger partial charge in [-0.2, -0.15) is 0 Å². The number of carboxylic acid groups (broad SMARTS) is 1. The van der Waals surface area contributed by atoms with Crippen molar-refractivity contribution in [3.63, 3.8) is 0 Å². The number of rotatable bonds is 4. The smallest absolute Gasteiger partial charge is 0.328 e. The second-order valence-electron chi connectivity index (χ2n) is 4.49. The maximum atomic E-state index is 11.9. The lowest BCUT2D eigenvalue weighted by atomic mass is 10.1. The lowest BCUT2D eigenvalue weighted by molar-refractivity contribution is -0.131. The summed E-state index contributed by atoms with van der Waals surface area (Å²) in [5.41, 5.74) is 1.34. The molecular formula is C14H14N2O4. The molecule has 0 bridgehead atoms. The summed E-state index contributed by atoms with van der Waals surface area (Å²) in [6, 6.07) is 6.77. The molecule has 1 aliphatic rings. The largest absolute Gasteiger partial charge is 0.478 e. The van der Waals surface area contributed by atoms with E-state index >= 15 is 0 Å². The van der Waals surface area contributed by atoms with Crippen molar-refractivity contribution >= 4 is 29.5 Å². The molecule has 6 heteroatoms. The molecule has 0 radical (unpaired) electrons. The van der Waals surface area contributed by atoms with Gasteiger partial charge in [0, 0.05) is 24.7 Å². The third-order valence-corrected chi connectivity index (χ3v) is 2.94. The van der Waals surface area contributed by atoms with Gasteiger partial charge in [-0.25, -0.2) is 4.79 Å². The summed E-state index contributed by atoms with van der Waals surface area (Å²) >= 11 is 0. The van der Waals surface area contributed by atoms with Crippen LogP contribution in [0.15, 0.2) is 30.3 Å². The summed E-state index contributed by atoms with van der Waals surface area (Å²) in [4.78, 5) is 33.3. The Balaban J connectivity index is 1.95. The fourth-order valence-electron chi connectivity index (χ4n) is 1.88. The summed E-state index contributed by atoms with van der Waals surface area (Å²) in [6.45, 7) is 0.365. The molecule has 1 aliphatic heterocycles. The third kappa shape index (κ3) is 3.68. The van der Waals surface area contributed by atoms with Gasteiger partial charge >= 0.3 is 5.97 Å². The molecule has 0 saturated carbocycles. The molecule has 20 heavy (non-hydrogen) atoms. The molecule has 1 aromatic carbocycles. The highest BCUT2D eigenvalue weighted by Gasteiger charge is 2.27. The first-order chi connectivity index (χ1) is 9.54. The summed E-state index contributed by atoms with van der Waals surface area (Å²) in [5, 5.41) is 13.8. The minimum Gasteiger partial charge on any atom is -0.478 e. The number of carboxylic acids is 1. The Kier molecular flexibility index (Phi) is 4.14. The monoisotopic (exact) mass is 274 g/mol. The normalized spacial score (nSPS) is 18.0. The van der Waals surface area contributed by atoms with Gasteiger partial charge in [0.25, 0.3) is 0 Å². The molecule has 0 aliphatic carbocycles. The van der Waals surface area contributed by atoms with E-state index in [2.05, 4.69) is 10.6 Å². The zero-order valence-corrected chi connectivity index (χ0v) is 10.6. The fraction of sp³-hybridized carbons (Fsp3) is 0.214. The number of hydrogen-bond donors (Lipinski definition) is 3. The fourth-order valence-corrected chi connectivity index (χ4v) is 1.88. The molecule has 0 aromatic heterocycles. The van der Waals surface area contributed by atoms with E-state index in [1.54, 1.807) is 24.3 Å². The molecule has 0 spiro atoms. The van der Waals surface area contributed by atoms with E-state index in [0.717, 1.165) is 11.6 Å². The predicted octanol–water partition coefficient (Wildman–Crippen LogP) is 0.859. The Morgan fingerprint density at radius 1 is 1.30 bits per heavy atom. The van der Waals surface area contributed by atoms with Crippen LogP contribution >= 0.6 is 0 Å². The summed E-state index contributed by atoms with van der Waals surface area (Å²) in [7, 11) is 0. The number of aliphatic carboxylic acids is 1.